The van der Waals surface area contributed by atoms with Crippen LogP contribution in [-0.4, -0.2) is 10.8 Å². The molecule has 45 heavy (non-hydrogen) atoms. The van der Waals surface area contributed by atoms with Crippen molar-refractivity contribution in [3.63, 3.8) is 0 Å². The normalized spacial score (nSPS) is 10.6. The Balaban J connectivity index is 0.00000159. The zero-order chi connectivity index (χ0) is 33.9. The molecule has 0 fully saturated rings. The molecule has 0 amide bonds. The molecule has 0 spiro atoms. The summed E-state index contributed by atoms with van der Waals surface area (Å²) in [7, 11) is 0. The molecule has 230 valence electrons. The van der Waals surface area contributed by atoms with E-state index in [0.29, 0.717) is 5.57 Å². The van der Waals surface area contributed by atoms with Crippen LogP contribution in [0.4, 0.5) is 0 Å². The van der Waals surface area contributed by atoms with Gasteiger partial charge in [0.25, 0.3) is 0 Å². The molecule has 2 N–H and O–H groups in total. The van der Waals surface area contributed by atoms with Gasteiger partial charge in [-0.05, 0) is 65.1 Å². The minimum absolute atomic E-state index is 0.256. The molecule has 0 aliphatic carbocycles. The summed E-state index contributed by atoms with van der Waals surface area (Å²) < 4.78 is 2.18. The zero-order valence-corrected chi connectivity index (χ0v) is 27.7. The van der Waals surface area contributed by atoms with Crippen LogP contribution in [0, 0.1) is 28.2 Å². The van der Waals surface area contributed by atoms with E-state index in [9.17, 15) is 5.26 Å². The van der Waals surface area contributed by atoms with E-state index >= 15 is 0 Å². The van der Waals surface area contributed by atoms with Gasteiger partial charge in [0.05, 0.1) is 17.1 Å². The predicted octanol–water partition coefficient (Wildman–Crippen LogP) is 11.2. The van der Waals surface area contributed by atoms with Crippen molar-refractivity contribution in [3.05, 3.63) is 127 Å². The molecular weight excluding hydrogens is 550 g/mol. The van der Waals surface area contributed by atoms with Gasteiger partial charge >= 0.3 is 0 Å². The zero-order valence-electron chi connectivity index (χ0n) is 27.7. The fourth-order valence-corrected chi connectivity index (χ4v) is 4.86. The van der Waals surface area contributed by atoms with Crippen molar-refractivity contribution in [2.75, 3.05) is 0 Å². The summed E-state index contributed by atoms with van der Waals surface area (Å²) in [6.07, 6.45) is 13.9. The van der Waals surface area contributed by atoms with Gasteiger partial charge in [-0.25, -0.2) is 0 Å². The third kappa shape index (κ3) is 8.25. The van der Waals surface area contributed by atoms with Gasteiger partial charge in [0.1, 0.15) is 0 Å². The van der Waals surface area contributed by atoms with Gasteiger partial charge in [-0.3, -0.25) is 5.32 Å². The standard InChI is InChI=1S/C34H27N5.3C2H6/c1-5-11-25(21-38-22-37)24-14-15-30-32(17-24)39(27-12-9-8-10-13-27)33-18-31(26(20-36)16-23(4)19-35)28(6-2)29(7-3)34(30)33;3*1-2/h5-18,20-21,36,38H,2-4H2,1H3;3*1-2H3/b11-5-,25-21+,26-16+,36-20?;;;. The molecule has 0 saturated carbocycles. The fourth-order valence-electron chi connectivity index (χ4n) is 4.86. The smallest absolute Gasteiger partial charge is 0.180 e. The Kier molecular flexibility index (Phi) is 16.2. The molecule has 0 bridgehead atoms. The maximum absolute atomic E-state index is 9.33. The molecule has 5 nitrogen and oxygen atoms in total. The highest BCUT2D eigenvalue weighted by Crippen LogP contribution is 2.40. The van der Waals surface area contributed by atoms with Crippen LogP contribution in [0.2, 0.25) is 0 Å². The first-order valence-corrected chi connectivity index (χ1v) is 15.3. The summed E-state index contributed by atoms with van der Waals surface area (Å²) in [5.41, 5.74) is 7.94. The van der Waals surface area contributed by atoms with Crippen LogP contribution in [0.1, 0.15) is 70.7 Å². The van der Waals surface area contributed by atoms with Gasteiger partial charge in [0.2, 0.25) is 0 Å². The highest BCUT2D eigenvalue weighted by atomic mass is 15.0. The maximum atomic E-state index is 9.33. The average molecular weight is 596 g/mol. The lowest BCUT2D eigenvalue weighted by Crippen LogP contribution is -1.98. The number of hydrogen-bond donors (Lipinski definition) is 2. The van der Waals surface area contributed by atoms with E-state index in [0.717, 1.165) is 55.3 Å². The quantitative estimate of drug-likeness (QED) is 0.0663. The topological polar surface area (TPSA) is 88.4 Å². The molecule has 1 heterocycles. The highest BCUT2D eigenvalue weighted by Gasteiger charge is 2.20. The van der Waals surface area contributed by atoms with Crippen LogP contribution in [0.15, 0.2) is 104 Å². The van der Waals surface area contributed by atoms with Gasteiger partial charge < -0.3 is 9.98 Å². The maximum Gasteiger partial charge on any atom is 0.180 e. The SMILES string of the molecule is C=Cc1c(/C(C=N)=C/C(=C)C#N)cc2c(c1C=C)c1ccc(C(/C=C\C)=C/NC#N)cc1n2-c1ccccc1.CC.CC.CC. The summed E-state index contributed by atoms with van der Waals surface area (Å²) >= 11 is 0. The van der Waals surface area contributed by atoms with E-state index in [1.165, 1.54) is 6.21 Å². The van der Waals surface area contributed by atoms with Crippen molar-refractivity contribution >= 4 is 51.3 Å². The first-order chi connectivity index (χ1) is 22.0. The van der Waals surface area contributed by atoms with Crippen LogP contribution in [0.25, 0.3) is 50.8 Å². The number of allylic oxidation sites excluding steroid dienone is 6. The Hall–Kier alpha value is -5.65. The first-order valence-electron chi connectivity index (χ1n) is 15.3. The van der Waals surface area contributed by atoms with E-state index in [4.69, 9.17) is 10.7 Å². The molecule has 5 heteroatoms. The predicted molar refractivity (Wildman–Crippen MR) is 198 cm³/mol. The number of nitriles is 2. The Morgan fingerprint density at radius 1 is 0.867 bits per heavy atom. The molecule has 0 saturated heterocycles. The van der Waals surface area contributed by atoms with E-state index in [1.807, 2.05) is 121 Å². The fraction of sp³-hybridized carbons (Fsp3) is 0.175. The Labute approximate surface area is 269 Å². The van der Waals surface area contributed by atoms with Gasteiger partial charge in [-0.1, -0.05) is 116 Å². The summed E-state index contributed by atoms with van der Waals surface area (Å²) in [5.74, 6) is 0. The largest absolute Gasteiger partial charge is 0.309 e. The molecule has 4 aromatic rings. The van der Waals surface area contributed by atoms with Crippen molar-refractivity contribution in [2.24, 2.45) is 0 Å². The molecule has 0 unspecified atom stereocenters. The van der Waals surface area contributed by atoms with Crippen LogP contribution < -0.4 is 5.32 Å². The molecule has 4 rings (SSSR count). The Morgan fingerprint density at radius 3 is 2.04 bits per heavy atom. The number of hydrogen-bond acceptors (Lipinski definition) is 4. The van der Waals surface area contributed by atoms with Crippen molar-refractivity contribution < 1.29 is 0 Å². The van der Waals surface area contributed by atoms with E-state index in [1.54, 1.807) is 18.4 Å². The van der Waals surface area contributed by atoms with Gasteiger partial charge in [0.15, 0.2) is 6.19 Å². The van der Waals surface area contributed by atoms with Crippen LogP contribution in [0.3, 0.4) is 0 Å². The lowest BCUT2D eigenvalue weighted by Gasteiger charge is -2.14. The Bertz CT molecular complexity index is 1810. The van der Waals surface area contributed by atoms with Gasteiger partial charge in [-0.2, -0.15) is 10.5 Å². The van der Waals surface area contributed by atoms with Gasteiger partial charge in [-0.15, -0.1) is 0 Å². The number of aromatic nitrogens is 1. The summed E-state index contributed by atoms with van der Waals surface area (Å²) in [6.45, 7) is 25.9. The third-order valence-corrected chi connectivity index (χ3v) is 6.47. The highest BCUT2D eigenvalue weighted by molar-refractivity contribution is 6.18. The first kappa shape index (κ1) is 37.4. The molecule has 1 aromatic heterocycles. The monoisotopic (exact) mass is 595 g/mol. The summed E-state index contributed by atoms with van der Waals surface area (Å²) in [6, 6.07) is 20.4. The molecule has 3 aromatic carbocycles. The lowest BCUT2D eigenvalue weighted by molar-refractivity contribution is 1.18. The van der Waals surface area contributed by atoms with Crippen LogP contribution in [0.5, 0.6) is 0 Å². The number of nitrogens with one attached hydrogen (secondary N) is 2. The lowest BCUT2D eigenvalue weighted by atomic mass is 9.91. The average Bonchev–Trinajstić information content (AvgIpc) is 3.44. The second-order valence-corrected chi connectivity index (χ2v) is 8.69. The van der Waals surface area contributed by atoms with Crippen molar-refractivity contribution in [1.82, 2.24) is 9.88 Å². The van der Waals surface area contributed by atoms with E-state index in [2.05, 4.69) is 41.8 Å². The molecule has 0 aliphatic rings. The van der Waals surface area contributed by atoms with Crippen LogP contribution in [-0.2, 0) is 0 Å². The second kappa shape index (κ2) is 19.5. The van der Waals surface area contributed by atoms with Crippen LogP contribution >= 0.6 is 0 Å². The molecule has 0 atom stereocenters. The molecule has 0 radical (unpaired) electrons. The number of fused-ring (bicyclic) bond motifs is 3. The number of rotatable bonds is 9. The minimum Gasteiger partial charge on any atom is -0.309 e. The third-order valence-electron chi connectivity index (χ3n) is 6.47. The number of para-hydroxylation sites is 1. The summed E-state index contributed by atoms with van der Waals surface area (Å²) in [5, 5.41) is 31.2. The number of benzene rings is 3. The molecule has 0 aliphatic heterocycles. The van der Waals surface area contributed by atoms with Crippen molar-refractivity contribution in [1.29, 1.82) is 15.9 Å². The van der Waals surface area contributed by atoms with E-state index in [-0.39, 0.29) is 5.57 Å². The van der Waals surface area contributed by atoms with Gasteiger partial charge in [0, 0.05) is 40.0 Å². The number of nitrogens with zero attached hydrogens (tertiary/aromatic N) is 3. The van der Waals surface area contributed by atoms with Crippen molar-refractivity contribution in [2.45, 2.75) is 48.5 Å². The summed E-state index contributed by atoms with van der Waals surface area (Å²) in [4.78, 5) is 0. The molecular formula is C40H45N5. The van der Waals surface area contributed by atoms with Crippen molar-refractivity contribution in [3.8, 4) is 17.9 Å². The Morgan fingerprint density at radius 2 is 1.51 bits per heavy atom. The van der Waals surface area contributed by atoms with E-state index < -0.39 is 0 Å². The second-order valence-electron chi connectivity index (χ2n) is 8.69. The minimum atomic E-state index is 0.256.